The molecule has 0 radical (unpaired) electrons. The van der Waals surface area contributed by atoms with Crippen molar-refractivity contribution in [3.63, 3.8) is 0 Å². The summed E-state index contributed by atoms with van der Waals surface area (Å²) in [5.41, 5.74) is -0.665. The number of hydrogen-bond donors (Lipinski definition) is 2. The van der Waals surface area contributed by atoms with Crippen LogP contribution in [0.4, 0.5) is 4.79 Å². The van der Waals surface area contributed by atoms with Gasteiger partial charge in [-0.2, -0.15) is 0 Å². The molecule has 5 nitrogen and oxygen atoms in total. The summed E-state index contributed by atoms with van der Waals surface area (Å²) in [6, 6.07) is -0.470. The van der Waals surface area contributed by atoms with Crippen LogP contribution in [0.15, 0.2) is 4.99 Å². The lowest BCUT2D eigenvalue weighted by Gasteiger charge is -2.35. The number of amides is 3. The lowest BCUT2D eigenvalue weighted by atomic mass is 9.79. The number of imide groups is 1. The zero-order valence-corrected chi connectivity index (χ0v) is 10.8. The Kier molecular flexibility index (Phi) is 4.66. The van der Waals surface area contributed by atoms with Crippen molar-refractivity contribution in [1.82, 2.24) is 10.6 Å². The second kappa shape index (κ2) is 5.80. The van der Waals surface area contributed by atoms with Crippen LogP contribution in [0, 0.1) is 5.41 Å². The minimum atomic E-state index is -0.665. The highest BCUT2D eigenvalue weighted by atomic mass is 16.2. The summed E-state index contributed by atoms with van der Waals surface area (Å²) in [4.78, 5) is 27.7. The van der Waals surface area contributed by atoms with E-state index in [2.05, 4.69) is 22.5 Å². The van der Waals surface area contributed by atoms with Gasteiger partial charge in [-0.25, -0.2) is 4.79 Å². The fourth-order valence-corrected chi connectivity index (χ4v) is 2.03. The zero-order valence-electron chi connectivity index (χ0n) is 10.8. The molecule has 0 aromatic carbocycles. The zero-order chi connectivity index (χ0) is 12.9. The van der Waals surface area contributed by atoms with Gasteiger partial charge in [0, 0.05) is 6.54 Å². The molecule has 1 fully saturated rings. The molecular weight excluding hydrogens is 218 g/mol. The maximum atomic E-state index is 12.0. The van der Waals surface area contributed by atoms with E-state index < -0.39 is 11.4 Å². The Morgan fingerprint density at radius 3 is 2.29 bits per heavy atom. The lowest BCUT2D eigenvalue weighted by Crippen LogP contribution is -2.62. The number of nitrogens with zero attached hydrogens (tertiary/aromatic N) is 1. The van der Waals surface area contributed by atoms with Crippen molar-refractivity contribution in [2.45, 2.75) is 46.5 Å². The fraction of sp³-hybridized carbons (Fsp3) is 0.750. The molecule has 0 aliphatic carbocycles. The second-order valence-corrected chi connectivity index (χ2v) is 4.28. The lowest BCUT2D eigenvalue weighted by molar-refractivity contribution is -0.127. The first-order chi connectivity index (χ1) is 8.10. The van der Waals surface area contributed by atoms with Crippen LogP contribution < -0.4 is 10.6 Å². The number of amidine groups is 1. The van der Waals surface area contributed by atoms with E-state index in [4.69, 9.17) is 0 Å². The Morgan fingerprint density at radius 2 is 1.76 bits per heavy atom. The summed E-state index contributed by atoms with van der Waals surface area (Å²) in [5, 5.41) is 5.00. The monoisotopic (exact) mass is 239 g/mol. The van der Waals surface area contributed by atoms with Gasteiger partial charge in [0.15, 0.2) is 0 Å². The summed E-state index contributed by atoms with van der Waals surface area (Å²) >= 11 is 0. The SMILES string of the molecule is CCCCN=C1NC(=O)NC(=O)C1(CC)CC. The Morgan fingerprint density at radius 1 is 1.12 bits per heavy atom. The predicted octanol–water partition coefficient (Wildman–Crippen LogP) is 1.83. The van der Waals surface area contributed by atoms with Crippen LogP contribution >= 0.6 is 0 Å². The highest BCUT2D eigenvalue weighted by Crippen LogP contribution is 2.29. The van der Waals surface area contributed by atoms with Crippen LogP contribution in [0.2, 0.25) is 0 Å². The van der Waals surface area contributed by atoms with E-state index in [-0.39, 0.29) is 5.91 Å². The van der Waals surface area contributed by atoms with Gasteiger partial charge in [-0.3, -0.25) is 20.4 Å². The fourth-order valence-electron chi connectivity index (χ4n) is 2.03. The van der Waals surface area contributed by atoms with Crippen LogP contribution in [0.5, 0.6) is 0 Å². The second-order valence-electron chi connectivity index (χ2n) is 4.28. The minimum absolute atomic E-state index is 0.235. The normalized spacial score (nSPS) is 21.2. The summed E-state index contributed by atoms with van der Waals surface area (Å²) in [5.74, 6) is 0.297. The number of carbonyl (C=O) groups is 2. The van der Waals surface area contributed by atoms with E-state index in [9.17, 15) is 9.59 Å². The summed E-state index contributed by atoms with van der Waals surface area (Å²) in [6.45, 7) is 6.62. The van der Waals surface area contributed by atoms with Gasteiger partial charge in [0.2, 0.25) is 5.91 Å². The molecule has 1 aliphatic rings. The maximum Gasteiger partial charge on any atom is 0.326 e. The molecule has 1 saturated heterocycles. The van der Waals surface area contributed by atoms with Crippen molar-refractivity contribution < 1.29 is 9.59 Å². The van der Waals surface area contributed by atoms with Crippen LogP contribution in [-0.4, -0.2) is 24.3 Å². The molecule has 0 saturated carbocycles. The Hall–Kier alpha value is -1.39. The summed E-state index contributed by atoms with van der Waals surface area (Å²) in [7, 11) is 0. The number of urea groups is 1. The van der Waals surface area contributed by atoms with E-state index >= 15 is 0 Å². The highest BCUT2D eigenvalue weighted by molar-refractivity contribution is 6.20. The quantitative estimate of drug-likeness (QED) is 0.718. The molecule has 5 heteroatoms. The molecule has 3 amide bonds. The van der Waals surface area contributed by atoms with Crippen LogP contribution in [0.25, 0.3) is 0 Å². The van der Waals surface area contributed by atoms with Gasteiger partial charge in [-0.15, -0.1) is 0 Å². The van der Waals surface area contributed by atoms with Crippen molar-refractivity contribution in [3.8, 4) is 0 Å². The van der Waals surface area contributed by atoms with E-state index in [1.807, 2.05) is 13.8 Å². The summed E-state index contributed by atoms with van der Waals surface area (Å²) < 4.78 is 0. The Labute approximate surface area is 102 Å². The number of aliphatic imine (C=N–C) groups is 1. The van der Waals surface area contributed by atoms with E-state index in [0.29, 0.717) is 25.2 Å². The van der Waals surface area contributed by atoms with Gasteiger partial charge in [-0.1, -0.05) is 27.2 Å². The molecule has 0 aromatic rings. The molecule has 0 spiro atoms. The van der Waals surface area contributed by atoms with E-state index in [0.717, 1.165) is 12.8 Å². The Balaban J connectivity index is 2.97. The molecule has 0 atom stereocenters. The van der Waals surface area contributed by atoms with Gasteiger partial charge >= 0.3 is 6.03 Å². The molecular formula is C12H21N3O2. The Bertz CT molecular complexity index is 333. The third-order valence-electron chi connectivity index (χ3n) is 3.34. The number of carbonyl (C=O) groups excluding carboxylic acids is 2. The number of rotatable bonds is 5. The van der Waals surface area contributed by atoms with Crippen LogP contribution in [-0.2, 0) is 4.79 Å². The van der Waals surface area contributed by atoms with Crippen LogP contribution in [0.3, 0.4) is 0 Å². The molecule has 17 heavy (non-hydrogen) atoms. The van der Waals surface area contributed by atoms with Gasteiger partial charge in [0.25, 0.3) is 0 Å². The summed E-state index contributed by atoms with van der Waals surface area (Å²) in [6.07, 6.45) is 3.29. The van der Waals surface area contributed by atoms with Crippen molar-refractivity contribution in [2.24, 2.45) is 10.4 Å². The number of unbranched alkanes of at least 4 members (excludes halogenated alkanes) is 1. The molecule has 0 bridgehead atoms. The topological polar surface area (TPSA) is 70.6 Å². The molecule has 1 aliphatic heterocycles. The predicted molar refractivity (Wildman–Crippen MR) is 66.9 cm³/mol. The molecule has 96 valence electrons. The number of nitrogens with one attached hydrogen (secondary N) is 2. The molecule has 0 unspecified atom stereocenters. The smallest absolute Gasteiger partial charge is 0.295 e. The first-order valence-electron chi connectivity index (χ1n) is 6.28. The van der Waals surface area contributed by atoms with Crippen molar-refractivity contribution >= 4 is 17.8 Å². The van der Waals surface area contributed by atoms with Gasteiger partial charge in [-0.05, 0) is 19.3 Å². The largest absolute Gasteiger partial charge is 0.326 e. The van der Waals surface area contributed by atoms with E-state index in [1.165, 1.54) is 0 Å². The van der Waals surface area contributed by atoms with Crippen molar-refractivity contribution in [1.29, 1.82) is 0 Å². The molecule has 1 heterocycles. The van der Waals surface area contributed by atoms with Crippen molar-refractivity contribution in [2.75, 3.05) is 6.54 Å². The third kappa shape index (κ3) is 2.65. The number of hydrogen-bond acceptors (Lipinski definition) is 3. The average Bonchev–Trinajstić information content (AvgIpc) is 2.30. The standard InChI is InChI=1S/C12H21N3O2/c1-4-7-8-13-9-12(5-2,6-3)10(16)15-11(17)14-9/h4-8H2,1-3H3,(H2,13,14,15,16,17). The van der Waals surface area contributed by atoms with Gasteiger partial charge in [0.05, 0.1) is 0 Å². The molecule has 2 N–H and O–H groups in total. The average molecular weight is 239 g/mol. The first-order valence-corrected chi connectivity index (χ1v) is 6.28. The molecule has 0 aromatic heterocycles. The van der Waals surface area contributed by atoms with Gasteiger partial charge in [0.1, 0.15) is 11.3 Å². The van der Waals surface area contributed by atoms with Crippen molar-refractivity contribution in [3.05, 3.63) is 0 Å². The maximum absolute atomic E-state index is 12.0. The first kappa shape index (κ1) is 13.7. The third-order valence-corrected chi connectivity index (χ3v) is 3.34. The molecule has 1 rings (SSSR count). The van der Waals surface area contributed by atoms with Gasteiger partial charge < -0.3 is 0 Å². The van der Waals surface area contributed by atoms with E-state index in [1.54, 1.807) is 0 Å². The minimum Gasteiger partial charge on any atom is -0.295 e. The van der Waals surface area contributed by atoms with Crippen LogP contribution in [0.1, 0.15) is 46.5 Å². The highest BCUT2D eigenvalue weighted by Gasteiger charge is 2.45.